The van der Waals surface area contributed by atoms with Gasteiger partial charge in [0.15, 0.2) is 0 Å². The fourth-order valence-corrected chi connectivity index (χ4v) is 3.41. The number of nitrogens with zero attached hydrogens (tertiary/aromatic N) is 2. The van der Waals surface area contributed by atoms with Crippen LogP contribution in [0.1, 0.15) is 38.3 Å². The molecule has 0 amide bonds. The van der Waals surface area contributed by atoms with E-state index in [9.17, 15) is 14.9 Å². The van der Waals surface area contributed by atoms with Gasteiger partial charge in [-0.25, -0.2) is 9.78 Å². The van der Waals surface area contributed by atoms with E-state index in [0.717, 1.165) is 22.4 Å². The maximum absolute atomic E-state index is 12.0. The number of hydrogen-bond acceptors (Lipinski definition) is 7. The number of pyridine rings is 1. The van der Waals surface area contributed by atoms with E-state index in [1.807, 2.05) is 20.8 Å². The van der Waals surface area contributed by atoms with Crippen LogP contribution in [0.5, 0.6) is 0 Å². The van der Waals surface area contributed by atoms with Crippen molar-refractivity contribution in [2.45, 2.75) is 32.2 Å². The summed E-state index contributed by atoms with van der Waals surface area (Å²) in [5.74, 6) is -0.662. The summed E-state index contributed by atoms with van der Waals surface area (Å²) in [6, 6.07) is 9.12. The van der Waals surface area contributed by atoms with Gasteiger partial charge in [0.1, 0.15) is 11.1 Å². The van der Waals surface area contributed by atoms with Gasteiger partial charge >= 0.3 is 11.9 Å². The van der Waals surface area contributed by atoms with Gasteiger partial charge in [0.05, 0.1) is 30.6 Å². The number of esters is 2. The second kappa shape index (κ2) is 9.90. The van der Waals surface area contributed by atoms with Gasteiger partial charge in [-0.15, -0.1) is 0 Å². The predicted molar refractivity (Wildman–Crippen MR) is 106 cm³/mol. The van der Waals surface area contributed by atoms with Crippen LogP contribution in [-0.4, -0.2) is 36.4 Å². The summed E-state index contributed by atoms with van der Waals surface area (Å²) in [6.07, 6.45) is 0.544. The van der Waals surface area contributed by atoms with Gasteiger partial charge in [0.2, 0.25) is 0 Å². The maximum Gasteiger partial charge on any atom is 0.337 e. The summed E-state index contributed by atoms with van der Waals surface area (Å²) in [7, 11) is 1.34. The number of aromatic nitrogens is 1. The van der Waals surface area contributed by atoms with Crippen LogP contribution in [0, 0.1) is 32.1 Å². The molecule has 0 fully saturated rings. The molecule has 2 rings (SSSR count). The lowest BCUT2D eigenvalue weighted by Crippen LogP contribution is -2.11. The number of rotatable bonds is 7. The van der Waals surface area contributed by atoms with Crippen LogP contribution in [0.3, 0.4) is 0 Å². The Bertz CT molecular complexity index is 917. The second-order valence-corrected chi connectivity index (χ2v) is 7.15. The Morgan fingerprint density at radius 2 is 1.82 bits per heavy atom. The molecule has 0 saturated carbocycles. The predicted octanol–water partition coefficient (Wildman–Crippen LogP) is 3.54. The molecule has 0 aliphatic heterocycles. The van der Waals surface area contributed by atoms with Crippen LogP contribution < -0.4 is 0 Å². The number of carbonyl (C=O) groups excluding carboxylic acids is 2. The van der Waals surface area contributed by atoms with Crippen LogP contribution >= 0.6 is 11.8 Å². The lowest BCUT2D eigenvalue weighted by Gasteiger charge is -2.11. The van der Waals surface area contributed by atoms with Crippen LogP contribution in [0.25, 0.3) is 0 Å². The van der Waals surface area contributed by atoms with Gasteiger partial charge in [0.25, 0.3) is 0 Å². The molecule has 1 aromatic carbocycles. The van der Waals surface area contributed by atoms with Crippen molar-refractivity contribution < 1.29 is 19.1 Å². The molecule has 0 unspecified atom stereocenters. The number of benzene rings is 1. The van der Waals surface area contributed by atoms with E-state index in [1.165, 1.54) is 18.9 Å². The largest absolute Gasteiger partial charge is 0.465 e. The molecule has 2 aromatic rings. The van der Waals surface area contributed by atoms with Gasteiger partial charge in [0, 0.05) is 12.1 Å². The van der Waals surface area contributed by atoms with E-state index in [-0.39, 0.29) is 24.3 Å². The number of ether oxygens (including phenoxy) is 2. The Labute approximate surface area is 168 Å². The lowest BCUT2D eigenvalue weighted by molar-refractivity contribution is -0.140. The van der Waals surface area contributed by atoms with Crippen molar-refractivity contribution in [2.24, 2.45) is 0 Å². The van der Waals surface area contributed by atoms with E-state index < -0.39 is 0 Å². The molecule has 1 aromatic heterocycles. The van der Waals surface area contributed by atoms with Crippen molar-refractivity contribution in [3.63, 3.8) is 0 Å². The van der Waals surface area contributed by atoms with Crippen molar-refractivity contribution in [3.8, 4) is 6.07 Å². The molecule has 0 aliphatic rings. The SMILES string of the molecule is COC(=O)c1ccc(CCOC(=O)CSc2nc(C)c(C)c(C)c2C#N)cc1. The van der Waals surface area contributed by atoms with Crippen molar-refractivity contribution in [3.05, 3.63) is 57.8 Å². The Kier molecular flexibility index (Phi) is 7.59. The minimum Gasteiger partial charge on any atom is -0.465 e. The van der Waals surface area contributed by atoms with E-state index >= 15 is 0 Å². The standard InChI is InChI=1S/C21H22N2O4S/c1-13-14(2)18(11-22)20(23-15(13)3)28-12-19(24)27-10-9-16-5-7-17(8-6-16)21(25)26-4/h5-8H,9-10,12H2,1-4H3. The Balaban J connectivity index is 1.85. The number of aryl methyl sites for hydroxylation is 1. The summed E-state index contributed by atoms with van der Waals surface area (Å²) in [6.45, 7) is 5.94. The topological polar surface area (TPSA) is 89.3 Å². The minimum atomic E-state index is -0.387. The molecular formula is C21H22N2O4S. The van der Waals surface area contributed by atoms with E-state index in [0.29, 0.717) is 22.6 Å². The second-order valence-electron chi connectivity index (χ2n) is 6.19. The highest BCUT2D eigenvalue weighted by molar-refractivity contribution is 7.99. The molecule has 0 spiro atoms. The summed E-state index contributed by atoms with van der Waals surface area (Å²) in [5.41, 5.74) is 4.66. The first kappa shape index (κ1) is 21.5. The Morgan fingerprint density at radius 1 is 1.14 bits per heavy atom. The smallest absolute Gasteiger partial charge is 0.337 e. The maximum atomic E-state index is 12.0. The molecule has 0 radical (unpaired) electrons. The Hall–Kier alpha value is -2.85. The molecule has 146 valence electrons. The quantitative estimate of drug-likeness (QED) is 0.520. The molecule has 6 nitrogen and oxygen atoms in total. The van der Waals surface area contributed by atoms with E-state index in [2.05, 4.69) is 15.8 Å². The number of carbonyl (C=O) groups is 2. The summed E-state index contributed by atoms with van der Waals surface area (Å²) < 4.78 is 9.92. The van der Waals surface area contributed by atoms with Gasteiger partial charge in [-0.3, -0.25) is 4.79 Å². The summed E-state index contributed by atoms with van der Waals surface area (Å²) in [4.78, 5) is 27.8. The highest BCUT2D eigenvalue weighted by Gasteiger charge is 2.14. The molecule has 7 heteroatoms. The first-order valence-corrected chi connectivity index (χ1v) is 9.69. The number of methoxy groups -OCH3 is 1. The highest BCUT2D eigenvalue weighted by Crippen LogP contribution is 2.26. The van der Waals surface area contributed by atoms with E-state index in [1.54, 1.807) is 24.3 Å². The fraction of sp³-hybridized carbons (Fsp3) is 0.333. The van der Waals surface area contributed by atoms with Gasteiger partial charge in [-0.1, -0.05) is 23.9 Å². The number of hydrogen-bond donors (Lipinski definition) is 0. The normalized spacial score (nSPS) is 10.2. The van der Waals surface area contributed by atoms with Gasteiger partial charge in [-0.2, -0.15) is 5.26 Å². The number of nitriles is 1. The van der Waals surface area contributed by atoms with Gasteiger partial charge < -0.3 is 9.47 Å². The first-order valence-electron chi connectivity index (χ1n) is 8.71. The molecule has 0 bridgehead atoms. The third kappa shape index (κ3) is 5.33. The lowest BCUT2D eigenvalue weighted by atomic mass is 10.1. The zero-order chi connectivity index (χ0) is 20.7. The first-order chi connectivity index (χ1) is 13.4. The molecule has 0 saturated heterocycles. The minimum absolute atomic E-state index is 0.0882. The van der Waals surface area contributed by atoms with Gasteiger partial charge in [-0.05, 0) is 49.6 Å². The molecule has 0 atom stereocenters. The summed E-state index contributed by atoms with van der Waals surface area (Å²) in [5, 5.41) is 9.92. The monoisotopic (exact) mass is 398 g/mol. The summed E-state index contributed by atoms with van der Waals surface area (Å²) >= 11 is 1.21. The van der Waals surface area contributed by atoms with Crippen molar-refractivity contribution in [1.82, 2.24) is 4.98 Å². The molecule has 0 aliphatic carbocycles. The van der Waals surface area contributed by atoms with Crippen LogP contribution in [0.2, 0.25) is 0 Å². The van der Waals surface area contributed by atoms with Crippen molar-refractivity contribution >= 4 is 23.7 Å². The zero-order valence-electron chi connectivity index (χ0n) is 16.4. The average Bonchev–Trinajstić information content (AvgIpc) is 2.70. The highest BCUT2D eigenvalue weighted by atomic mass is 32.2. The fourth-order valence-electron chi connectivity index (χ4n) is 2.52. The number of thioether (sulfide) groups is 1. The van der Waals surface area contributed by atoms with Crippen LogP contribution in [0.15, 0.2) is 29.3 Å². The van der Waals surface area contributed by atoms with Crippen molar-refractivity contribution in [2.75, 3.05) is 19.5 Å². The molecule has 0 N–H and O–H groups in total. The van der Waals surface area contributed by atoms with Crippen LogP contribution in [0.4, 0.5) is 0 Å². The van der Waals surface area contributed by atoms with Crippen LogP contribution in [-0.2, 0) is 20.7 Å². The molecule has 1 heterocycles. The molecular weight excluding hydrogens is 376 g/mol. The zero-order valence-corrected chi connectivity index (χ0v) is 17.2. The van der Waals surface area contributed by atoms with E-state index in [4.69, 9.17) is 4.74 Å². The van der Waals surface area contributed by atoms with Crippen molar-refractivity contribution in [1.29, 1.82) is 5.26 Å². The third-order valence-corrected chi connectivity index (χ3v) is 5.38. The average molecular weight is 398 g/mol. The Morgan fingerprint density at radius 3 is 2.43 bits per heavy atom. The third-order valence-electron chi connectivity index (χ3n) is 4.43. The molecule has 28 heavy (non-hydrogen) atoms.